The molecule has 1 N–H and O–H groups in total. The highest BCUT2D eigenvalue weighted by atomic mass is 19.1. The van der Waals surface area contributed by atoms with E-state index in [4.69, 9.17) is 0 Å². The molecular formula is C22H20FN5O2. The molecule has 2 aromatic heterocycles. The number of aromatic nitrogens is 4. The van der Waals surface area contributed by atoms with Gasteiger partial charge in [-0.25, -0.2) is 14.1 Å². The van der Waals surface area contributed by atoms with E-state index in [-0.39, 0.29) is 23.8 Å². The maximum atomic E-state index is 12.9. The summed E-state index contributed by atoms with van der Waals surface area (Å²) in [6, 6.07) is 13.8. The van der Waals surface area contributed by atoms with Gasteiger partial charge in [-0.15, -0.1) is 0 Å². The highest BCUT2D eigenvalue weighted by molar-refractivity contribution is 5.78. The summed E-state index contributed by atoms with van der Waals surface area (Å²) in [5.41, 5.74) is 2.89. The highest BCUT2D eigenvalue weighted by Crippen LogP contribution is 2.16. The summed E-state index contributed by atoms with van der Waals surface area (Å²) in [4.78, 5) is 29.4. The van der Waals surface area contributed by atoms with Gasteiger partial charge in [0.2, 0.25) is 5.91 Å². The van der Waals surface area contributed by atoms with Crippen LogP contribution >= 0.6 is 0 Å². The van der Waals surface area contributed by atoms with Gasteiger partial charge in [-0.05, 0) is 42.7 Å². The Morgan fingerprint density at radius 1 is 1.13 bits per heavy atom. The monoisotopic (exact) mass is 405 g/mol. The van der Waals surface area contributed by atoms with Crippen LogP contribution < -0.4 is 10.9 Å². The van der Waals surface area contributed by atoms with Crippen LogP contribution in [-0.4, -0.2) is 31.8 Å². The number of carbonyl (C=O) groups is 1. The third-order valence-electron chi connectivity index (χ3n) is 4.86. The molecule has 0 atom stereocenters. The summed E-state index contributed by atoms with van der Waals surface area (Å²) >= 11 is 0. The second-order valence-electron chi connectivity index (χ2n) is 6.98. The minimum Gasteiger partial charge on any atom is -0.354 e. The van der Waals surface area contributed by atoms with Gasteiger partial charge in [0, 0.05) is 6.54 Å². The van der Waals surface area contributed by atoms with E-state index in [0.29, 0.717) is 24.0 Å². The van der Waals surface area contributed by atoms with Crippen molar-refractivity contribution in [2.45, 2.75) is 19.9 Å². The zero-order valence-electron chi connectivity index (χ0n) is 16.4. The third kappa shape index (κ3) is 3.98. The molecule has 0 aliphatic heterocycles. The van der Waals surface area contributed by atoms with Crippen molar-refractivity contribution in [3.05, 3.63) is 88.4 Å². The van der Waals surface area contributed by atoms with Crippen LogP contribution in [0.4, 0.5) is 4.39 Å². The van der Waals surface area contributed by atoms with Crippen molar-refractivity contribution < 1.29 is 9.18 Å². The van der Waals surface area contributed by atoms with Crippen molar-refractivity contribution >= 4 is 16.9 Å². The predicted molar refractivity (Wildman–Crippen MR) is 111 cm³/mol. The number of hydrogen-bond donors (Lipinski definition) is 1. The van der Waals surface area contributed by atoms with E-state index in [1.165, 1.54) is 29.2 Å². The fraction of sp³-hybridized carbons (Fsp3) is 0.182. The Balaban J connectivity index is 1.46. The Hall–Kier alpha value is -3.81. The summed E-state index contributed by atoms with van der Waals surface area (Å²) in [7, 11) is 0. The summed E-state index contributed by atoms with van der Waals surface area (Å²) in [6.45, 7) is 2.21. The standard InChI is InChI=1S/C22H20FN5O2/c1-15-4-2-3-5-19(15)28-21-18(12-26-28)22(30)27(14-25-21)13-20(29)24-11-10-16-6-8-17(23)9-7-16/h2-9,12,14H,10-11,13H2,1H3,(H,24,29). The van der Waals surface area contributed by atoms with Crippen molar-refractivity contribution in [1.29, 1.82) is 0 Å². The molecule has 0 saturated carbocycles. The first-order valence-electron chi connectivity index (χ1n) is 9.53. The van der Waals surface area contributed by atoms with Crippen LogP contribution in [-0.2, 0) is 17.8 Å². The molecule has 1 amide bonds. The summed E-state index contributed by atoms with van der Waals surface area (Å²) < 4.78 is 15.8. The summed E-state index contributed by atoms with van der Waals surface area (Å²) in [5.74, 6) is -0.595. The molecule has 0 spiro atoms. The van der Waals surface area contributed by atoms with Crippen LogP contribution in [0.5, 0.6) is 0 Å². The lowest BCUT2D eigenvalue weighted by atomic mass is 10.1. The van der Waals surface area contributed by atoms with Crippen molar-refractivity contribution in [3.63, 3.8) is 0 Å². The first kappa shape index (κ1) is 19.5. The second-order valence-corrected chi connectivity index (χ2v) is 6.98. The first-order valence-corrected chi connectivity index (χ1v) is 9.53. The van der Waals surface area contributed by atoms with E-state index in [1.807, 2.05) is 31.2 Å². The van der Waals surface area contributed by atoms with Gasteiger partial charge in [0.1, 0.15) is 24.1 Å². The molecule has 152 valence electrons. The number of nitrogens with one attached hydrogen (secondary N) is 1. The van der Waals surface area contributed by atoms with Crippen LogP contribution in [0.15, 0.2) is 65.8 Å². The van der Waals surface area contributed by atoms with Crippen molar-refractivity contribution in [2.24, 2.45) is 0 Å². The van der Waals surface area contributed by atoms with Gasteiger partial charge < -0.3 is 5.32 Å². The Labute approximate surface area is 171 Å². The first-order chi connectivity index (χ1) is 14.5. The number of benzene rings is 2. The quantitative estimate of drug-likeness (QED) is 0.534. The molecule has 8 heteroatoms. The lowest BCUT2D eigenvalue weighted by Crippen LogP contribution is -2.33. The van der Waals surface area contributed by atoms with Crippen LogP contribution in [0.25, 0.3) is 16.7 Å². The van der Waals surface area contributed by atoms with Crippen LogP contribution in [0, 0.1) is 12.7 Å². The van der Waals surface area contributed by atoms with Gasteiger partial charge in [0.15, 0.2) is 5.65 Å². The van der Waals surface area contributed by atoms with Crippen LogP contribution in [0.2, 0.25) is 0 Å². The number of carbonyl (C=O) groups excluding carboxylic acids is 1. The van der Waals surface area contributed by atoms with Crippen LogP contribution in [0.3, 0.4) is 0 Å². The molecule has 0 saturated heterocycles. The average molecular weight is 405 g/mol. The largest absolute Gasteiger partial charge is 0.354 e. The fourth-order valence-corrected chi connectivity index (χ4v) is 3.25. The zero-order chi connectivity index (χ0) is 21.1. The van der Waals surface area contributed by atoms with Crippen molar-refractivity contribution in [3.8, 4) is 5.69 Å². The van der Waals surface area contributed by atoms with Crippen LogP contribution in [0.1, 0.15) is 11.1 Å². The number of rotatable bonds is 6. The van der Waals surface area contributed by atoms with E-state index < -0.39 is 0 Å². The molecule has 2 aromatic carbocycles. The maximum absolute atomic E-state index is 12.9. The third-order valence-corrected chi connectivity index (χ3v) is 4.86. The van der Waals surface area contributed by atoms with Gasteiger partial charge in [-0.2, -0.15) is 5.10 Å². The van der Waals surface area contributed by atoms with Crippen molar-refractivity contribution in [1.82, 2.24) is 24.6 Å². The van der Waals surface area contributed by atoms with E-state index in [2.05, 4.69) is 15.4 Å². The topological polar surface area (TPSA) is 81.8 Å². The molecule has 7 nitrogen and oxygen atoms in total. The molecular weight excluding hydrogens is 385 g/mol. The molecule has 0 unspecified atom stereocenters. The predicted octanol–water partition coefficient (Wildman–Crippen LogP) is 2.39. The number of para-hydroxylation sites is 1. The second kappa shape index (κ2) is 8.28. The number of amides is 1. The Bertz CT molecular complexity index is 1260. The lowest BCUT2D eigenvalue weighted by molar-refractivity contribution is -0.121. The molecule has 0 radical (unpaired) electrons. The number of fused-ring (bicyclic) bond motifs is 1. The van der Waals surface area contributed by atoms with E-state index in [9.17, 15) is 14.0 Å². The summed E-state index contributed by atoms with van der Waals surface area (Å²) in [6.07, 6.45) is 3.40. The highest BCUT2D eigenvalue weighted by Gasteiger charge is 2.14. The molecule has 0 aliphatic carbocycles. The van der Waals surface area contributed by atoms with E-state index >= 15 is 0 Å². The Kier molecular flexibility index (Phi) is 5.38. The maximum Gasteiger partial charge on any atom is 0.264 e. The number of nitrogens with zero attached hydrogens (tertiary/aromatic N) is 4. The van der Waals surface area contributed by atoms with Gasteiger partial charge in [-0.3, -0.25) is 14.2 Å². The number of hydrogen-bond acceptors (Lipinski definition) is 4. The molecule has 0 bridgehead atoms. The Morgan fingerprint density at radius 3 is 2.67 bits per heavy atom. The molecule has 0 aliphatic rings. The smallest absolute Gasteiger partial charge is 0.264 e. The van der Waals surface area contributed by atoms with Gasteiger partial charge >= 0.3 is 0 Å². The molecule has 4 rings (SSSR count). The Morgan fingerprint density at radius 2 is 1.90 bits per heavy atom. The van der Waals surface area contributed by atoms with Crippen molar-refractivity contribution in [2.75, 3.05) is 6.54 Å². The minimum absolute atomic E-state index is 0.138. The molecule has 2 heterocycles. The summed E-state index contributed by atoms with van der Waals surface area (Å²) in [5, 5.41) is 7.42. The number of halogens is 1. The van der Waals surface area contributed by atoms with E-state index in [1.54, 1.807) is 16.8 Å². The molecule has 4 aromatic rings. The van der Waals surface area contributed by atoms with Gasteiger partial charge in [0.25, 0.3) is 5.56 Å². The lowest BCUT2D eigenvalue weighted by Gasteiger charge is -2.09. The van der Waals surface area contributed by atoms with Gasteiger partial charge in [-0.1, -0.05) is 30.3 Å². The van der Waals surface area contributed by atoms with E-state index in [0.717, 1.165) is 16.8 Å². The molecule has 30 heavy (non-hydrogen) atoms. The average Bonchev–Trinajstić information content (AvgIpc) is 3.16. The normalized spacial score (nSPS) is 11.0. The molecule has 0 fully saturated rings. The fourth-order valence-electron chi connectivity index (χ4n) is 3.25. The minimum atomic E-state index is -0.325. The van der Waals surface area contributed by atoms with Gasteiger partial charge in [0.05, 0.1) is 11.9 Å². The number of aryl methyl sites for hydroxylation is 1. The zero-order valence-corrected chi connectivity index (χ0v) is 16.4. The SMILES string of the molecule is Cc1ccccc1-n1ncc2c(=O)n(CC(=O)NCCc3ccc(F)cc3)cnc21.